The first-order valence-electron chi connectivity index (χ1n) is 13.2. The number of hydrogen-bond donors (Lipinski definition) is 2. The SMILES string of the molecule is COc1ncnc(C2CC2)c1-c1nc(NCc2ccc(-c3nc(C(F)(F)F)cn3C(C)C)c(C)c2)c2[nH]cnc2n1. The van der Waals surface area contributed by atoms with Gasteiger partial charge in [0.1, 0.15) is 23.2 Å². The number of aromatic nitrogens is 8. The first-order chi connectivity index (χ1) is 19.6. The Morgan fingerprint density at radius 3 is 2.61 bits per heavy atom. The summed E-state index contributed by atoms with van der Waals surface area (Å²) in [6, 6.07) is 5.42. The number of hydrogen-bond acceptors (Lipinski definition) is 8. The quantitative estimate of drug-likeness (QED) is 0.233. The van der Waals surface area contributed by atoms with Crippen LogP contribution in [-0.4, -0.2) is 46.6 Å². The van der Waals surface area contributed by atoms with Crippen molar-refractivity contribution >= 4 is 17.0 Å². The standard InChI is InChI=1S/C28H28F3N9O/c1-14(2)40-11-19(28(29,30)31)37-26(40)18-8-5-16(9-15(18)3)10-32-24-22-25(35-12-34-22)39-23(38-24)20-21(17-6-7-17)33-13-36-27(20)41-4/h5,8-9,11-14,17H,6-7,10H2,1-4H3,(H2,32,34,35,38,39). The predicted molar refractivity (Wildman–Crippen MR) is 146 cm³/mol. The number of methoxy groups -OCH3 is 1. The number of ether oxygens (including phenoxy) is 1. The van der Waals surface area contributed by atoms with E-state index in [0.29, 0.717) is 52.3 Å². The molecule has 0 saturated heterocycles. The number of fused-ring (bicyclic) bond motifs is 1. The second-order valence-corrected chi connectivity index (χ2v) is 10.4. The average Bonchev–Trinajstić information content (AvgIpc) is 3.49. The van der Waals surface area contributed by atoms with E-state index in [1.54, 1.807) is 24.1 Å². The van der Waals surface area contributed by atoms with Crippen LogP contribution in [0.3, 0.4) is 0 Å². The van der Waals surface area contributed by atoms with Crippen LogP contribution in [0.2, 0.25) is 0 Å². The summed E-state index contributed by atoms with van der Waals surface area (Å²) in [6.45, 7) is 5.92. The van der Waals surface area contributed by atoms with E-state index >= 15 is 0 Å². The van der Waals surface area contributed by atoms with Crippen LogP contribution in [0, 0.1) is 6.92 Å². The minimum Gasteiger partial charge on any atom is -0.480 e. The second kappa shape index (κ2) is 10.1. The number of anilines is 1. The van der Waals surface area contributed by atoms with Gasteiger partial charge in [-0.2, -0.15) is 13.2 Å². The molecule has 212 valence electrons. The van der Waals surface area contributed by atoms with E-state index < -0.39 is 11.9 Å². The Hall–Kier alpha value is -4.55. The molecule has 13 heteroatoms. The molecule has 5 aromatic rings. The maximum Gasteiger partial charge on any atom is 0.434 e. The number of aryl methyl sites for hydroxylation is 1. The van der Waals surface area contributed by atoms with Gasteiger partial charge in [0.25, 0.3) is 0 Å². The molecular formula is C28H28F3N9O. The third-order valence-corrected chi connectivity index (χ3v) is 7.08. The van der Waals surface area contributed by atoms with Gasteiger partial charge < -0.3 is 19.6 Å². The van der Waals surface area contributed by atoms with Crippen LogP contribution >= 0.6 is 0 Å². The van der Waals surface area contributed by atoms with Gasteiger partial charge in [-0.3, -0.25) is 0 Å². The van der Waals surface area contributed by atoms with Crippen LogP contribution in [0.25, 0.3) is 33.9 Å². The molecule has 0 aliphatic heterocycles. The fraction of sp³-hybridized carbons (Fsp3) is 0.357. The van der Waals surface area contributed by atoms with Crippen molar-refractivity contribution in [1.29, 1.82) is 0 Å². The van der Waals surface area contributed by atoms with Crippen molar-refractivity contribution in [2.24, 2.45) is 0 Å². The lowest BCUT2D eigenvalue weighted by atomic mass is 10.0. The summed E-state index contributed by atoms with van der Waals surface area (Å²) in [5, 5.41) is 3.37. The Morgan fingerprint density at radius 1 is 1.12 bits per heavy atom. The first kappa shape index (κ1) is 26.7. The summed E-state index contributed by atoms with van der Waals surface area (Å²) in [6.07, 6.45) is 1.67. The van der Waals surface area contributed by atoms with Crippen LogP contribution in [0.5, 0.6) is 5.88 Å². The van der Waals surface area contributed by atoms with Crippen molar-refractivity contribution in [1.82, 2.24) is 39.5 Å². The minimum absolute atomic E-state index is 0.188. The van der Waals surface area contributed by atoms with E-state index in [9.17, 15) is 13.2 Å². The Bertz CT molecular complexity index is 1740. The smallest absolute Gasteiger partial charge is 0.434 e. The van der Waals surface area contributed by atoms with Crippen molar-refractivity contribution in [3.05, 3.63) is 59.6 Å². The molecule has 4 aromatic heterocycles. The number of H-pyrrole nitrogens is 1. The third-order valence-electron chi connectivity index (χ3n) is 7.08. The highest BCUT2D eigenvalue weighted by atomic mass is 19.4. The molecule has 0 unspecified atom stereocenters. The highest BCUT2D eigenvalue weighted by Crippen LogP contribution is 2.45. The van der Waals surface area contributed by atoms with E-state index in [1.165, 1.54) is 6.33 Å². The van der Waals surface area contributed by atoms with Crippen LogP contribution in [0.15, 0.2) is 37.1 Å². The Morgan fingerprint density at radius 2 is 1.93 bits per heavy atom. The van der Waals surface area contributed by atoms with Gasteiger partial charge in [-0.1, -0.05) is 18.2 Å². The lowest BCUT2D eigenvalue weighted by molar-refractivity contribution is -0.140. The number of nitrogens with zero attached hydrogens (tertiary/aromatic N) is 7. The van der Waals surface area contributed by atoms with E-state index in [2.05, 4.69) is 35.2 Å². The molecule has 10 nitrogen and oxygen atoms in total. The monoisotopic (exact) mass is 563 g/mol. The van der Waals surface area contributed by atoms with Crippen LogP contribution in [-0.2, 0) is 12.7 Å². The highest BCUT2D eigenvalue weighted by molar-refractivity contribution is 5.85. The summed E-state index contributed by atoms with van der Waals surface area (Å²) in [5.74, 6) is 1.97. The topological polar surface area (TPSA) is 119 Å². The first-order valence-corrected chi connectivity index (χ1v) is 13.2. The molecule has 0 radical (unpaired) electrons. The molecule has 0 amide bonds. The summed E-state index contributed by atoms with van der Waals surface area (Å²) in [7, 11) is 1.55. The van der Waals surface area contributed by atoms with Gasteiger partial charge in [0.05, 0.1) is 19.1 Å². The lowest BCUT2D eigenvalue weighted by Gasteiger charge is -2.15. The molecule has 0 atom stereocenters. The molecule has 0 spiro atoms. The second-order valence-electron chi connectivity index (χ2n) is 10.4. The summed E-state index contributed by atoms with van der Waals surface area (Å²) in [4.78, 5) is 29.6. The van der Waals surface area contributed by atoms with Crippen LogP contribution in [0.4, 0.5) is 19.0 Å². The van der Waals surface area contributed by atoms with E-state index in [4.69, 9.17) is 9.72 Å². The van der Waals surface area contributed by atoms with Gasteiger partial charge in [-0.25, -0.2) is 29.9 Å². The van der Waals surface area contributed by atoms with Gasteiger partial charge in [0, 0.05) is 30.3 Å². The fourth-order valence-electron chi connectivity index (χ4n) is 4.88. The van der Waals surface area contributed by atoms with E-state index in [-0.39, 0.29) is 11.9 Å². The van der Waals surface area contributed by atoms with Crippen molar-refractivity contribution < 1.29 is 17.9 Å². The van der Waals surface area contributed by atoms with Gasteiger partial charge in [-0.15, -0.1) is 0 Å². The van der Waals surface area contributed by atoms with Crippen molar-refractivity contribution in [3.8, 4) is 28.7 Å². The summed E-state index contributed by atoms with van der Waals surface area (Å²) >= 11 is 0. The van der Waals surface area contributed by atoms with Gasteiger partial charge in [0.2, 0.25) is 5.88 Å². The number of imidazole rings is 2. The molecule has 2 N–H and O–H groups in total. The van der Waals surface area contributed by atoms with E-state index in [1.807, 2.05) is 32.9 Å². The Kier molecular flexibility index (Phi) is 6.59. The molecule has 1 fully saturated rings. The molecule has 1 saturated carbocycles. The van der Waals surface area contributed by atoms with Gasteiger partial charge in [0.15, 0.2) is 23.0 Å². The lowest BCUT2D eigenvalue weighted by Crippen LogP contribution is -2.07. The van der Waals surface area contributed by atoms with Crippen LogP contribution < -0.4 is 10.1 Å². The number of aromatic amines is 1. The van der Waals surface area contributed by atoms with Crippen molar-refractivity contribution in [2.45, 2.75) is 58.3 Å². The zero-order valence-electron chi connectivity index (χ0n) is 22.9. The predicted octanol–water partition coefficient (Wildman–Crippen LogP) is 6.08. The molecule has 0 bridgehead atoms. The molecule has 1 aromatic carbocycles. The number of alkyl halides is 3. The molecule has 1 aliphatic rings. The van der Waals surface area contributed by atoms with Crippen LogP contribution in [0.1, 0.15) is 61.2 Å². The molecule has 6 rings (SSSR count). The third kappa shape index (κ3) is 5.07. The maximum atomic E-state index is 13.4. The molecular weight excluding hydrogens is 535 g/mol. The zero-order chi connectivity index (χ0) is 28.9. The summed E-state index contributed by atoms with van der Waals surface area (Å²) < 4.78 is 47.3. The largest absolute Gasteiger partial charge is 0.480 e. The number of nitrogens with one attached hydrogen (secondary N) is 2. The molecule has 4 heterocycles. The Balaban J connectivity index is 1.31. The highest BCUT2D eigenvalue weighted by Gasteiger charge is 2.35. The van der Waals surface area contributed by atoms with Gasteiger partial charge in [-0.05, 0) is 44.7 Å². The maximum absolute atomic E-state index is 13.4. The van der Waals surface area contributed by atoms with E-state index in [0.717, 1.165) is 35.9 Å². The Labute approximate surface area is 233 Å². The van der Waals surface area contributed by atoms with Crippen molar-refractivity contribution in [2.75, 3.05) is 12.4 Å². The number of halogens is 3. The minimum atomic E-state index is -4.52. The fourth-order valence-corrected chi connectivity index (χ4v) is 4.88. The van der Waals surface area contributed by atoms with Crippen molar-refractivity contribution in [3.63, 3.8) is 0 Å². The molecule has 41 heavy (non-hydrogen) atoms. The average molecular weight is 564 g/mol. The normalized spacial score (nSPS) is 13.8. The molecule has 1 aliphatic carbocycles. The number of benzene rings is 1. The van der Waals surface area contributed by atoms with Gasteiger partial charge >= 0.3 is 6.18 Å². The zero-order valence-corrected chi connectivity index (χ0v) is 22.9. The number of rotatable bonds is 8. The summed E-state index contributed by atoms with van der Waals surface area (Å²) in [5.41, 5.74) is 4.10.